The van der Waals surface area contributed by atoms with Gasteiger partial charge in [-0.2, -0.15) is 5.10 Å². The molecule has 2 aliphatic heterocycles. The quantitative estimate of drug-likeness (QED) is 0.765. The van der Waals surface area contributed by atoms with Crippen LogP contribution in [-0.2, 0) is 16.1 Å². The van der Waals surface area contributed by atoms with Crippen LogP contribution >= 0.6 is 0 Å². The van der Waals surface area contributed by atoms with E-state index in [0.29, 0.717) is 6.42 Å². The van der Waals surface area contributed by atoms with E-state index in [1.54, 1.807) is 0 Å². The Kier molecular flexibility index (Phi) is 5.95. The SMILES string of the molecule is O=C(CCCN1CCOCC1)N1CCN(Cc2ncn[nH]2)CC1. The molecule has 0 saturated carbocycles. The van der Waals surface area contributed by atoms with Crippen molar-refractivity contribution in [3.8, 4) is 0 Å². The Morgan fingerprint density at radius 1 is 1.13 bits per heavy atom. The van der Waals surface area contributed by atoms with Crippen molar-refractivity contribution >= 4 is 5.91 Å². The summed E-state index contributed by atoms with van der Waals surface area (Å²) in [6, 6.07) is 0. The number of H-pyrrole nitrogens is 1. The Morgan fingerprint density at radius 2 is 1.91 bits per heavy atom. The molecule has 0 radical (unpaired) electrons. The first kappa shape index (κ1) is 16.4. The summed E-state index contributed by atoms with van der Waals surface area (Å²) in [6.07, 6.45) is 3.13. The number of hydrogen-bond acceptors (Lipinski definition) is 6. The van der Waals surface area contributed by atoms with E-state index in [9.17, 15) is 4.79 Å². The molecule has 23 heavy (non-hydrogen) atoms. The van der Waals surface area contributed by atoms with Crippen LogP contribution < -0.4 is 0 Å². The van der Waals surface area contributed by atoms with Gasteiger partial charge in [0.05, 0.1) is 19.8 Å². The number of nitrogens with one attached hydrogen (secondary N) is 1. The maximum absolute atomic E-state index is 12.3. The van der Waals surface area contributed by atoms with Crippen LogP contribution in [0.1, 0.15) is 18.7 Å². The minimum absolute atomic E-state index is 0.289. The van der Waals surface area contributed by atoms with Crippen molar-refractivity contribution in [2.24, 2.45) is 0 Å². The lowest BCUT2D eigenvalue weighted by Crippen LogP contribution is -2.48. The van der Waals surface area contributed by atoms with E-state index in [1.807, 2.05) is 4.90 Å². The summed E-state index contributed by atoms with van der Waals surface area (Å²) in [5, 5.41) is 6.74. The second-order valence-corrected chi connectivity index (χ2v) is 6.15. The molecule has 1 aromatic rings. The van der Waals surface area contributed by atoms with Gasteiger partial charge in [-0.3, -0.25) is 19.7 Å². The second kappa shape index (κ2) is 8.37. The van der Waals surface area contributed by atoms with Gasteiger partial charge in [-0.25, -0.2) is 4.98 Å². The van der Waals surface area contributed by atoms with Crippen LogP contribution in [-0.4, -0.2) is 94.8 Å². The maximum Gasteiger partial charge on any atom is 0.222 e. The van der Waals surface area contributed by atoms with Crippen molar-refractivity contribution in [3.63, 3.8) is 0 Å². The summed E-state index contributed by atoms with van der Waals surface area (Å²) >= 11 is 0. The Morgan fingerprint density at radius 3 is 2.61 bits per heavy atom. The van der Waals surface area contributed by atoms with E-state index < -0.39 is 0 Å². The Bertz CT molecular complexity index is 466. The lowest BCUT2D eigenvalue weighted by molar-refractivity contribution is -0.133. The molecule has 8 heteroatoms. The molecule has 3 rings (SSSR count). The van der Waals surface area contributed by atoms with Crippen molar-refractivity contribution < 1.29 is 9.53 Å². The van der Waals surface area contributed by atoms with Gasteiger partial charge < -0.3 is 9.64 Å². The summed E-state index contributed by atoms with van der Waals surface area (Å²) in [5.74, 6) is 1.17. The number of hydrogen-bond donors (Lipinski definition) is 1. The predicted molar refractivity (Wildman–Crippen MR) is 84.7 cm³/mol. The van der Waals surface area contributed by atoms with Crippen LogP contribution in [0.4, 0.5) is 0 Å². The first-order chi connectivity index (χ1) is 11.3. The third kappa shape index (κ3) is 4.98. The second-order valence-electron chi connectivity index (χ2n) is 6.15. The topological polar surface area (TPSA) is 77.6 Å². The van der Waals surface area contributed by atoms with Crippen LogP contribution in [0.2, 0.25) is 0 Å². The predicted octanol–water partition coefficient (Wildman–Crippen LogP) is -0.439. The molecule has 1 amide bonds. The van der Waals surface area contributed by atoms with E-state index in [0.717, 1.165) is 77.8 Å². The van der Waals surface area contributed by atoms with Crippen LogP contribution in [0.5, 0.6) is 0 Å². The first-order valence-electron chi connectivity index (χ1n) is 8.46. The zero-order chi connectivity index (χ0) is 15.9. The highest BCUT2D eigenvalue weighted by Gasteiger charge is 2.21. The van der Waals surface area contributed by atoms with Gasteiger partial charge in [-0.1, -0.05) is 0 Å². The number of rotatable bonds is 6. The van der Waals surface area contributed by atoms with Gasteiger partial charge in [-0.15, -0.1) is 0 Å². The Balaban J connectivity index is 1.31. The number of morpholine rings is 1. The Labute approximate surface area is 136 Å². The number of amides is 1. The van der Waals surface area contributed by atoms with E-state index >= 15 is 0 Å². The van der Waals surface area contributed by atoms with Crippen LogP contribution in [0, 0.1) is 0 Å². The van der Waals surface area contributed by atoms with Crippen LogP contribution in [0.3, 0.4) is 0 Å². The van der Waals surface area contributed by atoms with Gasteiger partial charge in [0.1, 0.15) is 12.2 Å². The molecule has 0 atom stereocenters. The molecule has 0 bridgehead atoms. The molecule has 2 aliphatic rings. The summed E-state index contributed by atoms with van der Waals surface area (Å²) in [7, 11) is 0. The van der Waals surface area contributed by atoms with Crippen molar-refractivity contribution in [1.82, 2.24) is 29.9 Å². The van der Waals surface area contributed by atoms with Crippen LogP contribution in [0.25, 0.3) is 0 Å². The molecule has 128 valence electrons. The molecule has 2 saturated heterocycles. The highest BCUT2D eigenvalue weighted by molar-refractivity contribution is 5.76. The maximum atomic E-state index is 12.3. The number of piperazine rings is 1. The number of carbonyl (C=O) groups excluding carboxylic acids is 1. The number of nitrogens with zero attached hydrogens (tertiary/aromatic N) is 5. The molecule has 3 heterocycles. The zero-order valence-corrected chi connectivity index (χ0v) is 13.6. The molecule has 0 spiro atoms. The highest BCUT2D eigenvalue weighted by Crippen LogP contribution is 2.08. The van der Waals surface area contributed by atoms with Crippen molar-refractivity contribution in [3.05, 3.63) is 12.2 Å². The lowest BCUT2D eigenvalue weighted by Gasteiger charge is -2.34. The van der Waals surface area contributed by atoms with E-state index in [2.05, 4.69) is 25.0 Å². The smallest absolute Gasteiger partial charge is 0.222 e. The Hall–Kier alpha value is -1.51. The van der Waals surface area contributed by atoms with E-state index in [1.165, 1.54) is 6.33 Å². The number of carbonyl (C=O) groups is 1. The molecular weight excluding hydrogens is 296 g/mol. The molecule has 0 unspecified atom stereocenters. The molecule has 8 nitrogen and oxygen atoms in total. The lowest BCUT2D eigenvalue weighted by atomic mass is 10.2. The third-order valence-electron chi connectivity index (χ3n) is 4.53. The molecule has 1 N–H and O–H groups in total. The fourth-order valence-corrected chi connectivity index (χ4v) is 3.11. The number of ether oxygens (including phenoxy) is 1. The van der Waals surface area contributed by atoms with Gasteiger partial charge in [0, 0.05) is 45.7 Å². The van der Waals surface area contributed by atoms with Crippen molar-refractivity contribution in [2.45, 2.75) is 19.4 Å². The summed E-state index contributed by atoms with van der Waals surface area (Å²) in [6.45, 7) is 8.83. The first-order valence-corrected chi connectivity index (χ1v) is 8.46. The third-order valence-corrected chi connectivity index (χ3v) is 4.53. The highest BCUT2D eigenvalue weighted by atomic mass is 16.5. The largest absolute Gasteiger partial charge is 0.379 e. The minimum atomic E-state index is 0.289. The standard InChI is InChI=1S/C15H26N6O2/c22-15(2-1-3-19-8-10-23-11-9-19)21-6-4-20(5-7-21)12-14-16-13-17-18-14/h13H,1-12H2,(H,16,17,18). The molecule has 1 aromatic heterocycles. The average molecular weight is 322 g/mol. The van der Waals surface area contributed by atoms with E-state index in [4.69, 9.17) is 4.74 Å². The van der Waals surface area contributed by atoms with Crippen molar-refractivity contribution in [2.75, 3.05) is 59.0 Å². The normalized spacial score (nSPS) is 20.8. The minimum Gasteiger partial charge on any atom is -0.379 e. The van der Waals surface area contributed by atoms with Gasteiger partial charge in [0.15, 0.2) is 0 Å². The van der Waals surface area contributed by atoms with E-state index in [-0.39, 0.29) is 5.91 Å². The van der Waals surface area contributed by atoms with Gasteiger partial charge in [0.25, 0.3) is 0 Å². The van der Waals surface area contributed by atoms with Crippen LogP contribution in [0.15, 0.2) is 6.33 Å². The number of aromatic nitrogens is 3. The summed E-state index contributed by atoms with van der Waals surface area (Å²) in [5.41, 5.74) is 0. The molecule has 0 aromatic carbocycles. The molecular formula is C15H26N6O2. The summed E-state index contributed by atoms with van der Waals surface area (Å²) in [4.78, 5) is 23.1. The number of aromatic amines is 1. The molecule has 0 aliphatic carbocycles. The van der Waals surface area contributed by atoms with Crippen molar-refractivity contribution in [1.29, 1.82) is 0 Å². The van der Waals surface area contributed by atoms with Gasteiger partial charge in [-0.05, 0) is 13.0 Å². The van der Waals surface area contributed by atoms with Gasteiger partial charge in [0.2, 0.25) is 5.91 Å². The molecule has 2 fully saturated rings. The van der Waals surface area contributed by atoms with Gasteiger partial charge >= 0.3 is 0 Å². The zero-order valence-electron chi connectivity index (χ0n) is 13.6. The summed E-state index contributed by atoms with van der Waals surface area (Å²) < 4.78 is 5.34. The average Bonchev–Trinajstić information content (AvgIpc) is 3.09. The fourth-order valence-electron chi connectivity index (χ4n) is 3.11. The fraction of sp³-hybridized carbons (Fsp3) is 0.800. The monoisotopic (exact) mass is 322 g/mol.